The molecule has 80 valence electrons. The molecule has 1 aliphatic heterocycles. The van der Waals surface area contributed by atoms with Crippen LogP contribution in [-0.2, 0) is 4.79 Å². The maximum absolute atomic E-state index is 11.1. The fraction of sp³-hybridized carbons (Fsp3) is 0.417. The van der Waals surface area contributed by atoms with Gasteiger partial charge in [0.1, 0.15) is 5.75 Å². The largest absolute Gasteiger partial charge is 0.497 e. The Kier molecular flexibility index (Phi) is 2.62. The van der Waals surface area contributed by atoms with E-state index in [0.717, 1.165) is 12.3 Å². The van der Waals surface area contributed by atoms with E-state index < -0.39 is 0 Å². The van der Waals surface area contributed by atoms with E-state index in [4.69, 9.17) is 4.74 Å². The first-order chi connectivity index (χ1) is 7.20. The van der Waals surface area contributed by atoms with E-state index in [1.54, 1.807) is 7.11 Å². The number of nitrogens with one attached hydrogen (secondary N) is 1. The molecule has 3 heteroatoms. The van der Waals surface area contributed by atoms with Crippen molar-refractivity contribution in [3.8, 4) is 5.75 Å². The van der Waals surface area contributed by atoms with Gasteiger partial charge in [-0.25, -0.2) is 0 Å². The third kappa shape index (κ3) is 1.96. The van der Waals surface area contributed by atoms with Crippen molar-refractivity contribution >= 4 is 5.91 Å². The lowest BCUT2D eigenvalue weighted by Gasteiger charge is -2.12. The Bertz CT molecular complexity index is 387. The molecule has 0 unspecified atom stereocenters. The maximum Gasteiger partial charge on any atom is 0.220 e. The second-order valence-electron chi connectivity index (χ2n) is 3.93. The number of hydrogen-bond donors (Lipinski definition) is 1. The van der Waals surface area contributed by atoms with Crippen LogP contribution in [0.15, 0.2) is 18.2 Å². The summed E-state index contributed by atoms with van der Waals surface area (Å²) < 4.78 is 5.15. The number of methoxy groups -OCH3 is 1. The minimum Gasteiger partial charge on any atom is -0.497 e. The minimum atomic E-state index is 0.148. The van der Waals surface area contributed by atoms with Crippen LogP contribution in [0.3, 0.4) is 0 Å². The van der Waals surface area contributed by atoms with Crippen LogP contribution in [0.25, 0.3) is 0 Å². The molecule has 0 radical (unpaired) electrons. The molecule has 0 spiro atoms. The summed E-state index contributed by atoms with van der Waals surface area (Å²) in [5.41, 5.74) is 2.44. The Balaban J connectivity index is 2.25. The van der Waals surface area contributed by atoms with E-state index in [0.29, 0.717) is 12.3 Å². The van der Waals surface area contributed by atoms with Crippen molar-refractivity contribution in [3.05, 3.63) is 29.3 Å². The number of carbonyl (C=O) groups excluding carboxylic acids is 1. The molecule has 2 rings (SSSR count). The number of amides is 1. The Morgan fingerprint density at radius 1 is 1.47 bits per heavy atom. The molecule has 1 aliphatic rings. The highest BCUT2D eigenvalue weighted by Gasteiger charge is 2.24. The van der Waals surface area contributed by atoms with Crippen LogP contribution >= 0.6 is 0 Å². The van der Waals surface area contributed by atoms with Gasteiger partial charge in [0.05, 0.1) is 7.11 Å². The molecule has 1 aromatic rings. The molecule has 1 N–H and O–H groups in total. The van der Waals surface area contributed by atoms with E-state index in [9.17, 15) is 4.79 Å². The van der Waals surface area contributed by atoms with Gasteiger partial charge in [-0.1, -0.05) is 6.07 Å². The summed E-state index contributed by atoms with van der Waals surface area (Å²) in [6.45, 7) is 2.81. The lowest BCUT2D eigenvalue weighted by Crippen LogP contribution is -2.13. The molecule has 3 nitrogen and oxygen atoms in total. The average molecular weight is 205 g/mol. The molecular formula is C12H15NO2. The quantitative estimate of drug-likeness (QED) is 0.796. The number of ether oxygens (including phenoxy) is 1. The van der Waals surface area contributed by atoms with Gasteiger partial charge in [-0.05, 0) is 30.2 Å². The molecule has 1 fully saturated rings. The molecule has 1 atom stereocenters. The van der Waals surface area contributed by atoms with Gasteiger partial charge in [0.15, 0.2) is 0 Å². The van der Waals surface area contributed by atoms with E-state index in [-0.39, 0.29) is 5.91 Å². The van der Waals surface area contributed by atoms with Crippen molar-refractivity contribution in [2.75, 3.05) is 13.7 Å². The Labute approximate surface area is 89.4 Å². The first kappa shape index (κ1) is 10.0. The van der Waals surface area contributed by atoms with Gasteiger partial charge < -0.3 is 10.1 Å². The highest BCUT2D eigenvalue weighted by atomic mass is 16.5. The highest BCUT2D eigenvalue weighted by Crippen LogP contribution is 2.28. The smallest absolute Gasteiger partial charge is 0.220 e. The van der Waals surface area contributed by atoms with Crippen LogP contribution in [0.5, 0.6) is 5.75 Å². The van der Waals surface area contributed by atoms with Gasteiger partial charge in [0.25, 0.3) is 0 Å². The lowest BCUT2D eigenvalue weighted by atomic mass is 9.94. The Morgan fingerprint density at radius 3 is 2.80 bits per heavy atom. The minimum absolute atomic E-state index is 0.148. The number of rotatable bonds is 2. The Hall–Kier alpha value is -1.51. The van der Waals surface area contributed by atoms with Crippen LogP contribution in [0.1, 0.15) is 23.5 Å². The maximum atomic E-state index is 11.1. The van der Waals surface area contributed by atoms with E-state index in [1.807, 2.05) is 12.1 Å². The van der Waals surface area contributed by atoms with Gasteiger partial charge in [-0.15, -0.1) is 0 Å². The fourth-order valence-corrected chi connectivity index (χ4v) is 2.06. The normalized spacial score (nSPS) is 20.1. The number of hydrogen-bond acceptors (Lipinski definition) is 2. The standard InChI is InChI=1S/C12H15NO2/c1-8-5-10(15-2)3-4-11(8)9-6-12(14)13-7-9/h3-5,9H,6-7H2,1-2H3,(H,13,14)/t9-/m0/s1. The van der Waals surface area contributed by atoms with Gasteiger partial charge in [-0.2, -0.15) is 0 Å². The van der Waals surface area contributed by atoms with Crippen LogP contribution in [-0.4, -0.2) is 19.6 Å². The summed E-state index contributed by atoms with van der Waals surface area (Å²) >= 11 is 0. The third-order valence-corrected chi connectivity index (χ3v) is 2.89. The molecule has 1 heterocycles. The van der Waals surface area contributed by atoms with Gasteiger partial charge in [0, 0.05) is 18.9 Å². The summed E-state index contributed by atoms with van der Waals surface area (Å²) in [6, 6.07) is 6.02. The van der Waals surface area contributed by atoms with Crippen LogP contribution in [0.4, 0.5) is 0 Å². The second-order valence-corrected chi connectivity index (χ2v) is 3.93. The predicted molar refractivity (Wildman–Crippen MR) is 58.1 cm³/mol. The summed E-state index contributed by atoms with van der Waals surface area (Å²) in [7, 11) is 1.66. The summed E-state index contributed by atoms with van der Waals surface area (Å²) in [4.78, 5) is 11.1. The van der Waals surface area contributed by atoms with Crippen molar-refractivity contribution < 1.29 is 9.53 Å². The molecule has 1 saturated heterocycles. The monoisotopic (exact) mass is 205 g/mol. The lowest BCUT2D eigenvalue weighted by molar-refractivity contribution is -0.119. The van der Waals surface area contributed by atoms with E-state index >= 15 is 0 Å². The predicted octanol–water partition coefficient (Wildman–Crippen LogP) is 1.61. The molecular weight excluding hydrogens is 190 g/mol. The first-order valence-corrected chi connectivity index (χ1v) is 5.12. The van der Waals surface area contributed by atoms with Crippen LogP contribution in [0.2, 0.25) is 0 Å². The highest BCUT2D eigenvalue weighted by molar-refractivity contribution is 5.79. The van der Waals surface area contributed by atoms with Crippen molar-refractivity contribution in [2.24, 2.45) is 0 Å². The molecule has 0 saturated carbocycles. The average Bonchev–Trinajstić information content (AvgIpc) is 2.64. The Morgan fingerprint density at radius 2 is 2.27 bits per heavy atom. The third-order valence-electron chi connectivity index (χ3n) is 2.89. The number of benzene rings is 1. The first-order valence-electron chi connectivity index (χ1n) is 5.12. The zero-order valence-electron chi connectivity index (χ0n) is 9.04. The molecule has 1 aromatic carbocycles. The molecule has 0 aromatic heterocycles. The number of aryl methyl sites for hydroxylation is 1. The molecule has 0 aliphatic carbocycles. The van der Waals surface area contributed by atoms with Gasteiger partial charge in [0.2, 0.25) is 5.91 Å². The summed E-state index contributed by atoms with van der Waals surface area (Å²) in [6.07, 6.45) is 0.604. The van der Waals surface area contributed by atoms with Crippen molar-refractivity contribution in [3.63, 3.8) is 0 Å². The second kappa shape index (κ2) is 3.93. The van der Waals surface area contributed by atoms with Crippen LogP contribution < -0.4 is 10.1 Å². The van der Waals surface area contributed by atoms with Crippen molar-refractivity contribution in [1.82, 2.24) is 5.32 Å². The zero-order valence-corrected chi connectivity index (χ0v) is 9.04. The summed E-state index contributed by atoms with van der Waals surface area (Å²) in [5, 5.41) is 2.85. The van der Waals surface area contributed by atoms with Gasteiger partial charge >= 0.3 is 0 Å². The number of carbonyl (C=O) groups is 1. The van der Waals surface area contributed by atoms with Crippen molar-refractivity contribution in [2.45, 2.75) is 19.3 Å². The van der Waals surface area contributed by atoms with E-state index in [2.05, 4.69) is 18.3 Å². The van der Waals surface area contributed by atoms with E-state index in [1.165, 1.54) is 11.1 Å². The van der Waals surface area contributed by atoms with Crippen molar-refractivity contribution in [1.29, 1.82) is 0 Å². The SMILES string of the molecule is COc1ccc([C@@H]2CNC(=O)C2)c(C)c1. The zero-order chi connectivity index (χ0) is 10.8. The summed E-state index contributed by atoms with van der Waals surface area (Å²) in [5.74, 6) is 1.34. The van der Waals surface area contributed by atoms with Gasteiger partial charge in [-0.3, -0.25) is 4.79 Å². The van der Waals surface area contributed by atoms with Crippen LogP contribution in [0, 0.1) is 6.92 Å². The molecule has 15 heavy (non-hydrogen) atoms. The topological polar surface area (TPSA) is 38.3 Å². The molecule has 0 bridgehead atoms. The fourth-order valence-electron chi connectivity index (χ4n) is 2.06. The molecule has 1 amide bonds.